The van der Waals surface area contributed by atoms with Gasteiger partial charge < -0.3 is 14.5 Å². The van der Waals surface area contributed by atoms with E-state index < -0.39 is 0 Å². The van der Waals surface area contributed by atoms with E-state index in [1.165, 1.54) is 33.3 Å². The van der Waals surface area contributed by atoms with Crippen molar-refractivity contribution >= 4 is 23.3 Å². The van der Waals surface area contributed by atoms with E-state index in [0.717, 1.165) is 37.6 Å². The monoisotopic (exact) mass is 400 g/mol. The number of H-pyrrole nitrogens is 1. The summed E-state index contributed by atoms with van der Waals surface area (Å²) >= 11 is 0. The highest BCUT2D eigenvalue weighted by Gasteiger charge is 2.21. The highest BCUT2D eigenvalue weighted by atomic mass is 35.5. The lowest BCUT2D eigenvalue weighted by Crippen LogP contribution is -2.33. The molecule has 0 saturated carbocycles. The van der Waals surface area contributed by atoms with E-state index in [1.807, 2.05) is 31.2 Å². The Morgan fingerprint density at radius 3 is 2.50 bits per heavy atom. The fourth-order valence-electron chi connectivity index (χ4n) is 3.86. The number of aromatic amines is 1. The number of ether oxygens (including phenoxy) is 2. The molecule has 3 aromatic rings. The zero-order chi connectivity index (χ0) is 18.8. The van der Waals surface area contributed by atoms with E-state index in [-0.39, 0.29) is 12.4 Å². The maximum atomic E-state index is 6.01. The standard InChI is InChI=1S/C23H28N2O2.ClH/c1-4-26-22-7-5-6-8-23(22)27-12-11-25-10-9-20-19(15-25)18-13-16(2)17(3)14-21(18)24-20;/h5-8,13-14,24H,4,9-12,15H2,1-3H3;1H. The van der Waals surface area contributed by atoms with Gasteiger partial charge in [0.15, 0.2) is 11.5 Å². The zero-order valence-corrected chi connectivity index (χ0v) is 17.7. The lowest BCUT2D eigenvalue weighted by Gasteiger charge is -2.27. The van der Waals surface area contributed by atoms with Crippen LogP contribution in [0.1, 0.15) is 29.3 Å². The average Bonchev–Trinajstić information content (AvgIpc) is 3.00. The number of fused-ring (bicyclic) bond motifs is 3. The van der Waals surface area contributed by atoms with Crippen molar-refractivity contribution in [2.75, 3.05) is 26.3 Å². The van der Waals surface area contributed by atoms with Crippen molar-refractivity contribution in [2.45, 2.75) is 33.7 Å². The number of hydrogen-bond acceptors (Lipinski definition) is 3. The largest absolute Gasteiger partial charge is 0.490 e. The van der Waals surface area contributed by atoms with E-state index in [0.29, 0.717) is 13.2 Å². The third-order valence-electron chi connectivity index (χ3n) is 5.48. The molecule has 150 valence electrons. The third kappa shape index (κ3) is 4.13. The van der Waals surface area contributed by atoms with Crippen molar-refractivity contribution in [3.63, 3.8) is 0 Å². The minimum Gasteiger partial charge on any atom is -0.490 e. The van der Waals surface area contributed by atoms with Gasteiger partial charge in [-0.3, -0.25) is 4.90 Å². The third-order valence-corrected chi connectivity index (χ3v) is 5.48. The predicted molar refractivity (Wildman–Crippen MR) is 117 cm³/mol. The minimum atomic E-state index is 0. The zero-order valence-electron chi connectivity index (χ0n) is 16.9. The molecule has 0 unspecified atom stereocenters. The van der Waals surface area contributed by atoms with Crippen LogP contribution in [0.3, 0.4) is 0 Å². The number of nitrogens with zero attached hydrogens (tertiary/aromatic N) is 1. The van der Waals surface area contributed by atoms with Gasteiger partial charge in [0.25, 0.3) is 0 Å². The molecule has 0 spiro atoms. The van der Waals surface area contributed by atoms with Crippen LogP contribution in [0, 0.1) is 13.8 Å². The summed E-state index contributed by atoms with van der Waals surface area (Å²) in [7, 11) is 0. The molecule has 4 nitrogen and oxygen atoms in total. The van der Waals surface area contributed by atoms with Crippen LogP contribution >= 0.6 is 12.4 Å². The second kappa shape index (κ2) is 8.89. The number of hydrogen-bond donors (Lipinski definition) is 1. The summed E-state index contributed by atoms with van der Waals surface area (Å²) in [5.41, 5.74) is 6.83. The van der Waals surface area contributed by atoms with Gasteiger partial charge in [-0.25, -0.2) is 0 Å². The van der Waals surface area contributed by atoms with Crippen molar-refractivity contribution in [1.29, 1.82) is 0 Å². The summed E-state index contributed by atoms with van der Waals surface area (Å²) in [6, 6.07) is 12.5. The Morgan fingerprint density at radius 1 is 1.04 bits per heavy atom. The quantitative estimate of drug-likeness (QED) is 0.629. The van der Waals surface area contributed by atoms with Gasteiger partial charge in [-0.2, -0.15) is 0 Å². The number of aromatic nitrogens is 1. The van der Waals surface area contributed by atoms with Crippen LogP contribution in [-0.2, 0) is 13.0 Å². The molecular formula is C23H29ClN2O2. The fraction of sp³-hybridized carbons (Fsp3) is 0.391. The first kappa shape index (κ1) is 20.6. The number of rotatable bonds is 6. The Kier molecular flexibility index (Phi) is 6.53. The lowest BCUT2D eigenvalue weighted by molar-refractivity contribution is 0.191. The summed E-state index contributed by atoms with van der Waals surface area (Å²) < 4.78 is 11.7. The van der Waals surface area contributed by atoms with Gasteiger partial charge in [0.05, 0.1) is 6.61 Å². The molecule has 1 aliphatic rings. The Balaban J connectivity index is 0.00000225. The van der Waals surface area contributed by atoms with Crippen molar-refractivity contribution in [1.82, 2.24) is 9.88 Å². The molecule has 1 aromatic heterocycles. The first-order chi connectivity index (χ1) is 13.2. The smallest absolute Gasteiger partial charge is 0.161 e. The Bertz CT molecular complexity index is 951. The maximum Gasteiger partial charge on any atom is 0.161 e. The number of para-hydroxylation sites is 2. The molecule has 0 bridgehead atoms. The van der Waals surface area contributed by atoms with Crippen LogP contribution in [0.4, 0.5) is 0 Å². The molecule has 0 fully saturated rings. The number of nitrogens with one attached hydrogen (secondary N) is 1. The van der Waals surface area contributed by atoms with E-state index in [2.05, 4.69) is 35.9 Å². The molecule has 0 radical (unpaired) electrons. The predicted octanol–water partition coefficient (Wildman–Crippen LogP) is 5.04. The number of benzene rings is 2. The lowest BCUT2D eigenvalue weighted by atomic mass is 10.0. The average molecular weight is 401 g/mol. The molecule has 2 aromatic carbocycles. The van der Waals surface area contributed by atoms with Crippen molar-refractivity contribution in [3.8, 4) is 11.5 Å². The second-order valence-electron chi connectivity index (χ2n) is 7.32. The molecule has 0 amide bonds. The van der Waals surface area contributed by atoms with Gasteiger partial charge in [0.1, 0.15) is 6.61 Å². The Morgan fingerprint density at radius 2 is 1.75 bits per heavy atom. The minimum absolute atomic E-state index is 0. The Hall–Kier alpha value is -2.17. The van der Waals surface area contributed by atoms with Gasteiger partial charge in [-0.05, 0) is 61.7 Å². The van der Waals surface area contributed by atoms with Crippen LogP contribution in [0.15, 0.2) is 36.4 Å². The van der Waals surface area contributed by atoms with E-state index >= 15 is 0 Å². The van der Waals surface area contributed by atoms with Gasteiger partial charge in [-0.1, -0.05) is 12.1 Å². The molecule has 5 heteroatoms. The topological polar surface area (TPSA) is 37.5 Å². The summed E-state index contributed by atoms with van der Waals surface area (Å²) in [6.45, 7) is 10.6. The van der Waals surface area contributed by atoms with Crippen LogP contribution in [-0.4, -0.2) is 36.2 Å². The van der Waals surface area contributed by atoms with Crippen LogP contribution < -0.4 is 9.47 Å². The summed E-state index contributed by atoms with van der Waals surface area (Å²) in [6.07, 6.45) is 1.07. The first-order valence-electron chi connectivity index (χ1n) is 9.83. The molecule has 4 rings (SSSR count). The van der Waals surface area contributed by atoms with E-state index in [9.17, 15) is 0 Å². The summed E-state index contributed by atoms with van der Waals surface area (Å²) in [5, 5.41) is 1.38. The van der Waals surface area contributed by atoms with E-state index in [4.69, 9.17) is 9.47 Å². The fourth-order valence-corrected chi connectivity index (χ4v) is 3.86. The number of halogens is 1. The SMILES string of the molecule is CCOc1ccccc1OCCN1CCc2[nH]c3cc(C)c(C)cc3c2C1.Cl. The summed E-state index contributed by atoms with van der Waals surface area (Å²) in [5.74, 6) is 1.65. The van der Waals surface area contributed by atoms with Crippen molar-refractivity contribution in [3.05, 3.63) is 58.8 Å². The second-order valence-corrected chi connectivity index (χ2v) is 7.32. The number of aryl methyl sites for hydroxylation is 2. The van der Waals surface area contributed by atoms with Gasteiger partial charge in [0.2, 0.25) is 0 Å². The molecule has 1 N–H and O–H groups in total. The molecule has 0 saturated heterocycles. The van der Waals surface area contributed by atoms with Gasteiger partial charge in [-0.15, -0.1) is 12.4 Å². The van der Waals surface area contributed by atoms with Gasteiger partial charge >= 0.3 is 0 Å². The van der Waals surface area contributed by atoms with Gasteiger partial charge in [0, 0.05) is 42.7 Å². The molecule has 0 aliphatic carbocycles. The molecule has 2 heterocycles. The van der Waals surface area contributed by atoms with E-state index in [1.54, 1.807) is 0 Å². The Labute approximate surface area is 173 Å². The molecule has 1 aliphatic heterocycles. The summed E-state index contributed by atoms with van der Waals surface area (Å²) in [4.78, 5) is 6.11. The van der Waals surface area contributed by atoms with Crippen molar-refractivity contribution < 1.29 is 9.47 Å². The first-order valence-corrected chi connectivity index (χ1v) is 9.83. The molecule has 0 atom stereocenters. The highest BCUT2D eigenvalue weighted by molar-refractivity contribution is 5.86. The molecular weight excluding hydrogens is 372 g/mol. The van der Waals surface area contributed by atoms with Crippen LogP contribution in [0.5, 0.6) is 11.5 Å². The molecule has 28 heavy (non-hydrogen) atoms. The van der Waals surface area contributed by atoms with Crippen LogP contribution in [0.2, 0.25) is 0 Å². The maximum absolute atomic E-state index is 6.01. The normalized spacial score (nSPS) is 13.8. The van der Waals surface area contributed by atoms with Crippen molar-refractivity contribution in [2.24, 2.45) is 0 Å². The highest BCUT2D eigenvalue weighted by Crippen LogP contribution is 2.30. The van der Waals surface area contributed by atoms with Crippen LogP contribution in [0.25, 0.3) is 10.9 Å².